The Labute approximate surface area is 232 Å². The summed E-state index contributed by atoms with van der Waals surface area (Å²) in [5, 5.41) is 5.19. The Kier molecular flexibility index (Phi) is 9.50. The van der Waals surface area contributed by atoms with Gasteiger partial charge in [-0.1, -0.05) is 12.1 Å². The van der Waals surface area contributed by atoms with E-state index in [1.165, 1.54) is 29.3 Å². The van der Waals surface area contributed by atoms with Gasteiger partial charge < -0.3 is 25.6 Å². The number of aromatic nitrogens is 1. The third kappa shape index (κ3) is 7.33. The van der Waals surface area contributed by atoms with Crippen molar-refractivity contribution in [2.75, 3.05) is 42.9 Å². The molecular weight excluding hydrogens is 514 g/mol. The number of carbonyl (C=O) groups is 3. The van der Waals surface area contributed by atoms with Crippen LogP contribution in [-0.4, -0.2) is 64.9 Å². The summed E-state index contributed by atoms with van der Waals surface area (Å²) in [7, 11) is 0. The standard InChI is InChI=1S/C28H35N7O3S/c1-3-35(20(2)36)28(25(29)27(38)31-34-15-6-7-16-34)39-32-24-11-10-21-18-23(9-8-22(21)19-24)26(37)30-12-17-33-13-4-5-14-33/h6-11,15-16,18-19,32H,3-5,12-14,17,29H2,1-2H3,(H,30,37)(H,31,38)/b28-25+. The highest BCUT2D eigenvalue weighted by atomic mass is 32.2. The topological polar surface area (TPSA) is 125 Å². The maximum Gasteiger partial charge on any atom is 0.288 e. The second-order valence-corrected chi connectivity index (χ2v) is 10.1. The molecule has 0 atom stereocenters. The van der Waals surface area contributed by atoms with E-state index in [0.29, 0.717) is 23.7 Å². The van der Waals surface area contributed by atoms with Crippen LogP contribution in [0.5, 0.6) is 0 Å². The van der Waals surface area contributed by atoms with E-state index < -0.39 is 5.91 Å². The fourth-order valence-corrected chi connectivity index (χ4v) is 5.35. The van der Waals surface area contributed by atoms with Crippen molar-refractivity contribution in [3.63, 3.8) is 0 Å². The van der Waals surface area contributed by atoms with E-state index in [9.17, 15) is 14.4 Å². The summed E-state index contributed by atoms with van der Waals surface area (Å²) in [6.07, 6.45) is 5.82. The predicted octanol–water partition coefficient (Wildman–Crippen LogP) is 3.29. The normalized spacial score (nSPS) is 14.1. The van der Waals surface area contributed by atoms with Gasteiger partial charge in [-0.05, 0) is 80.0 Å². The lowest BCUT2D eigenvalue weighted by molar-refractivity contribution is -0.126. The minimum absolute atomic E-state index is 0.0822. The van der Waals surface area contributed by atoms with Gasteiger partial charge in [-0.15, -0.1) is 0 Å². The molecule has 0 saturated carbocycles. The van der Waals surface area contributed by atoms with Crippen molar-refractivity contribution in [3.8, 4) is 0 Å². The predicted molar refractivity (Wildman–Crippen MR) is 156 cm³/mol. The third-order valence-corrected chi connectivity index (χ3v) is 7.50. The second-order valence-electron chi connectivity index (χ2n) is 9.30. The lowest BCUT2D eigenvalue weighted by Gasteiger charge is -2.24. The Morgan fingerprint density at radius 1 is 1.03 bits per heavy atom. The summed E-state index contributed by atoms with van der Waals surface area (Å²) >= 11 is 1.09. The van der Waals surface area contributed by atoms with Crippen LogP contribution in [0.1, 0.15) is 37.0 Å². The summed E-state index contributed by atoms with van der Waals surface area (Å²) < 4.78 is 4.69. The van der Waals surface area contributed by atoms with Crippen LogP contribution in [0.15, 0.2) is 71.7 Å². The van der Waals surface area contributed by atoms with Crippen molar-refractivity contribution < 1.29 is 14.4 Å². The summed E-state index contributed by atoms with van der Waals surface area (Å²) in [5.41, 5.74) is 10.2. The molecule has 1 saturated heterocycles. The van der Waals surface area contributed by atoms with Crippen LogP contribution in [0, 0.1) is 0 Å². The van der Waals surface area contributed by atoms with Crippen LogP contribution < -0.4 is 21.2 Å². The monoisotopic (exact) mass is 549 g/mol. The molecular formula is C28H35N7O3S. The van der Waals surface area contributed by atoms with Crippen molar-refractivity contribution in [1.29, 1.82) is 0 Å². The number of fused-ring (bicyclic) bond motifs is 1. The van der Waals surface area contributed by atoms with E-state index >= 15 is 0 Å². The quantitative estimate of drug-likeness (QED) is 0.214. The zero-order valence-electron chi connectivity index (χ0n) is 22.3. The number of rotatable bonds is 11. The third-order valence-electron chi connectivity index (χ3n) is 6.53. The van der Waals surface area contributed by atoms with E-state index in [1.54, 1.807) is 24.5 Å². The molecule has 3 aromatic rings. The Hall–Kier alpha value is -3.96. The summed E-state index contributed by atoms with van der Waals surface area (Å²) in [5.74, 6) is -0.843. The Morgan fingerprint density at radius 3 is 2.41 bits per heavy atom. The van der Waals surface area contributed by atoms with Gasteiger partial charge in [0, 0.05) is 62.2 Å². The number of likely N-dealkylation sites (tertiary alicyclic amines) is 1. The number of hydrogen-bond donors (Lipinski definition) is 4. The first-order chi connectivity index (χ1) is 18.9. The molecule has 2 heterocycles. The van der Waals surface area contributed by atoms with Crippen LogP contribution >= 0.6 is 11.9 Å². The van der Waals surface area contributed by atoms with Gasteiger partial charge in [0.05, 0.1) is 0 Å². The molecule has 0 aliphatic carbocycles. The largest absolute Gasteiger partial charge is 0.392 e. The summed E-state index contributed by atoms with van der Waals surface area (Å²) in [6, 6.07) is 14.9. The van der Waals surface area contributed by atoms with Crippen LogP contribution in [-0.2, 0) is 9.59 Å². The van der Waals surface area contributed by atoms with E-state index in [0.717, 1.165) is 48.0 Å². The SMILES string of the molecule is CCN(C(C)=O)/C(SNc1ccc2cc(C(=O)NCCN3CCCC3)ccc2c1)=C(\N)C(=O)Nn1cccc1. The number of nitrogens with zero attached hydrogens (tertiary/aromatic N) is 3. The molecule has 5 N–H and O–H groups in total. The van der Waals surface area contributed by atoms with Crippen molar-refractivity contribution in [1.82, 2.24) is 19.8 Å². The van der Waals surface area contributed by atoms with Gasteiger partial charge in [-0.25, -0.2) is 0 Å². The lowest BCUT2D eigenvalue weighted by atomic mass is 10.1. The smallest absolute Gasteiger partial charge is 0.288 e. The summed E-state index contributed by atoms with van der Waals surface area (Å²) in [6.45, 7) is 7.31. The van der Waals surface area contributed by atoms with Crippen molar-refractivity contribution >= 4 is 46.1 Å². The Balaban J connectivity index is 1.44. The average Bonchev–Trinajstić information content (AvgIpc) is 3.64. The van der Waals surface area contributed by atoms with Gasteiger partial charge in [0.2, 0.25) is 5.91 Å². The molecule has 4 rings (SSSR count). The van der Waals surface area contributed by atoms with Crippen molar-refractivity contribution in [3.05, 3.63) is 77.2 Å². The van der Waals surface area contributed by atoms with Gasteiger partial charge in [-0.3, -0.25) is 24.5 Å². The first kappa shape index (κ1) is 28.1. The molecule has 0 radical (unpaired) electrons. The Morgan fingerprint density at radius 2 is 1.72 bits per heavy atom. The van der Waals surface area contributed by atoms with Crippen LogP contribution in [0.25, 0.3) is 10.8 Å². The molecule has 1 aliphatic heterocycles. The molecule has 2 aromatic carbocycles. The Bertz CT molecular complexity index is 1350. The maximum atomic E-state index is 12.8. The molecule has 0 bridgehead atoms. The number of carbonyl (C=O) groups excluding carboxylic acids is 3. The van der Waals surface area contributed by atoms with E-state index in [1.807, 2.05) is 43.3 Å². The highest BCUT2D eigenvalue weighted by Gasteiger charge is 2.21. The molecule has 39 heavy (non-hydrogen) atoms. The summed E-state index contributed by atoms with van der Waals surface area (Å²) in [4.78, 5) is 41.5. The molecule has 3 amide bonds. The highest BCUT2D eigenvalue weighted by Crippen LogP contribution is 2.28. The molecule has 0 spiro atoms. The molecule has 11 heteroatoms. The first-order valence-corrected chi connectivity index (χ1v) is 13.9. The fourth-order valence-electron chi connectivity index (χ4n) is 4.44. The van der Waals surface area contributed by atoms with Crippen LogP contribution in [0.2, 0.25) is 0 Å². The molecule has 1 aliphatic rings. The van der Waals surface area contributed by atoms with Gasteiger partial charge in [-0.2, -0.15) is 0 Å². The molecule has 1 fully saturated rings. The van der Waals surface area contributed by atoms with Gasteiger partial charge >= 0.3 is 0 Å². The first-order valence-electron chi connectivity index (χ1n) is 13.0. The van der Waals surface area contributed by atoms with Gasteiger partial charge in [0.1, 0.15) is 10.7 Å². The van der Waals surface area contributed by atoms with Crippen LogP contribution in [0.3, 0.4) is 0 Å². The van der Waals surface area contributed by atoms with Gasteiger partial charge in [0.15, 0.2) is 0 Å². The minimum atomic E-state index is -0.528. The zero-order chi connectivity index (χ0) is 27.8. The number of benzene rings is 2. The van der Waals surface area contributed by atoms with Crippen molar-refractivity contribution in [2.45, 2.75) is 26.7 Å². The fraction of sp³-hybridized carbons (Fsp3) is 0.321. The molecule has 10 nitrogen and oxygen atoms in total. The zero-order valence-corrected chi connectivity index (χ0v) is 23.1. The number of anilines is 1. The highest BCUT2D eigenvalue weighted by molar-refractivity contribution is 8.04. The molecule has 0 unspecified atom stereocenters. The maximum absolute atomic E-state index is 12.8. The number of nitrogens with one attached hydrogen (secondary N) is 3. The molecule has 206 valence electrons. The lowest BCUT2D eigenvalue weighted by Crippen LogP contribution is -2.34. The average molecular weight is 550 g/mol. The second kappa shape index (κ2) is 13.2. The number of amides is 3. The van der Waals surface area contributed by atoms with Gasteiger partial charge in [0.25, 0.3) is 11.8 Å². The van der Waals surface area contributed by atoms with E-state index in [-0.39, 0.29) is 17.5 Å². The molecule has 1 aromatic heterocycles. The number of nitrogens with two attached hydrogens (primary N) is 1. The van der Waals surface area contributed by atoms with Crippen LogP contribution in [0.4, 0.5) is 5.69 Å². The minimum Gasteiger partial charge on any atom is -0.392 e. The van der Waals surface area contributed by atoms with E-state index in [4.69, 9.17) is 5.73 Å². The van der Waals surface area contributed by atoms with E-state index in [2.05, 4.69) is 20.4 Å². The number of hydrogen-bond acceptors (Lipinski definition) is 7. The van der Waals surface area contributed by atoms with Crippen molar-refractivity contribution in [2.24, 2.45) is 5.73 Å².